The summed E-state index contributed by atoms with van der Waals surface area (Å²) in [6.45, 7) is 1.52. The predicted molar refractivity (Wildman–Crippen MR) is 104 cm³/mol. The lowest BCUT2D eigenvalue weighted by molar-refractivity contribution is -0.131. The molecule has 7 heteroatoms. The quantitative estimate of drug-likeness (QED) is 0.834. The highest BCUT2D eigenvalue weighted by atomic mass is 16.2. The molecule has 7 nitrogen and oxygen atoms in total. The molecule has 0 aliphatic carbocycles. The van der Waals surface area contributed by atoms with Gasteiger partial charge in [0.2, 0.25) is 11.8 Å². The summed E-state index contributed by atoms with van der Waals surface area (Å²) >= 11 is 0. The van der Waals surface area contributed by atoms with Crippen LogP contribution in [0, 0.1) is 0 Å². The number of benzene rings is 1. The summed E-state index contributed by atoms with van der Waals surface area (Å²) in [6.07, 6.45) is 5.74. The van der Waals surface area contributed by atoms with Gasteiger partial charge in [-0.05, 0) is 30.5 Å². The van der Waals surface area contributed by atoms with Gasteiger partial charge in [-0.3, -0.25) is 9.59 Å². The van der Waals surface area contributed by atoms with Crippen LogP contribution in [-0.4, -0.2) is 53.5 Å². The molecule has 1 unspecified atom stereocenters. The third kappa shape index (κ3) is 4.67. The number of likely N-dealkylation sites (tertiary alicyclic amines) is 1. The van der Waals surface area contributed by atoms with Crippen molar-refractivity contribution < 1.29 is 9.59 Å². The number of rotatable bonds is 6. The molecule has 3 rings (SSSR count). The van der Waals surface area contributed by atoms with Crippen LogP contribution >= 0.6 is 0 Å². The molecular weight excluding hydrogens is 342 g/mol. The number of anilines is 1. The van der Waals surface area contributed by atoms with Gasteiger partial charge in [0.05, 0.1) is 6.42 Å². The smallest absolute Gasteiger partial charge is 0.237 e. The fourth-order valence-electron chi connectivity index (χ4n) is 3.59. The Balaban J connectivity index is 1.64. The second-order valence-electron chi connectivity index (χ2n) is 7.30. The van der Waals surface area contributed by atoms with Gasteiger partial charge in [0.15, 0.2) is 0 Å². The fraction of sp³-hybridized carbons (Fsp3) is 0.450. The molecule has 0 spiro atoms. The van der Waals surface area contributed by atoms with Gasteiger partial charge >= 0.3 is 0 Å². The van der Waals surface area contributed by atoms with Crippen LogP contribution in [0.4, 0.5) is 5.69 Å². The Hall–Kier alpha value is -2.83. The molecule has 2 heterocycles. The van der Waals surface area contributed by atoms with E-state index in [1.165, 1.54) is 0 Å². The van der Waals surface area contributed by atoms with Crippen molar-refractivity contribution in [3.63, 3.8) is 0 Å². The Morgan fingerprint density at radius 3 is 2.67 bits per heavy atom. The molecule has 1 aliphatic rings. The summed E-state index contributed by atoms with van der Waals surface area (Å²) in [6, 6.07) is 8.08. The van der Waals surface area contributed by atoms with Gasteiger partial charge in [-0.2, -0.15) is 0 Å². The molecular formula is C20H27N5O2. The first-order valence-corrected chi connectivity index (χ1v) is 9.27. The number of carbonyl (C=O) groups excluding carboxylic acids is 2. The number of amides is 2. The zero-order valence-electron chi connectivity index (χ0n) is 16.0. The Bertz CT molecular complexity index is 797. The van der Waals surface area contributed by atoms with Gasteiger partial charge in [-0.1, -0.05) is 12.1 Å². The van der Waals surface area contributed by atoms with Crippen molar-refractivity contribution in [2.75, 3.05) is 32.1 Å². The lowest BCUT2D eigenvalue weighted by atomic mass is 9.96. The number of hydrogen-bond donors (Lipinski definition) is 1. The Morgan fingerprint density at radius 1 is 1.26 bits per heavy atom. The van der Waals surface area contributed by atoms with E-state index in [-0.39, 0.29) is 24.3 Å². The van der Waals surface area contributed by atoms with Crippen LogP contribution in [0.3, 0.4) is 0 Å². The van der Waals surface area contributed by atoms with E-state index in [4.69, 9.17) is 5.73 Å². The molecule has 1 aromatic heterocycles. The van der Waals surface area contributed by atoms with E-state index in [1.54, 1.807) is 17.0 Å². The van der Waals surface area contributed by atoms with E-state index in [2.05, 4.69) is 4.98 Å². The highest BCUT2D eigenvalue weighted by Crippen LogP contribution is 2.26. The standard InChI is InChI=1S/C20H27N5O2/c1-23(2)17-7-5-15(6-8-17)12-19(27)24-10-3-4-16(13-24)20-22-9-11-25(20)14-18(21)26/h5-9,11,16H,3-4,10,12-14H2,1-2H3,(H2,21,26). The van der Waals surface area contributed by atoms with Crippen molar-refractivity contribution in [2.24, 2.45) is 5.73 Å². The molecule has 2 amide bonds. The molecule has 27 heavy (non-hydrogen) atoms. The number of nitrogens with two attached hydrogens (primary N) is 1. The number of hydrogen-bond acceptors (Lipinski definition) is 4. The highest BCUT2D eigenvalue weighted by Gasteiger charge is 2.27. The number of aromatic nitrogens is 2. The van der Waals surface area contributed by atoms with Crippen molar-refractivity contribution in [3.8, 4) is 0 Å². The van der Waals surface area contributed by atoms with E-state index in [0.29, 0.717) is 13.0 Å². The van der Waals surface area contributed by atoms with E-state index >= 15 is 0 Å². The first-order chi connectivity index (χ1) is 12.9. The largest absolute Gasteiger partial charge is 0.378 e. The van der Waals surface area contributed by atoms with Crippen LogP contribution in [0.1, 0.15) is 30.1 Å². The molecule has 1 aliphatic heterocycles. The first kappa shape index (κ1) is 18.9. The summed E-state index contributed by atoms with van der Waals surface area (Å²) in [4.78, 5) is 32.4. The van der Waals surface area contributed by atoms with E-state index in [9.17, 15) is 9.59 Å². The first-order valence-electron chi connectivity index (χ1n) is 9.27. The summed E-state index contributed by atoms with van der Waals surface area (Å²) in [5.74, 6) is 0.708. The third-order valence-corrected chi connectivity index (χ3v) is 5.02. The average Bonchev–Trinajstić information content (AvgIpc) is 3.09. The second kappa shape index (κ2) is 8.24. The van der Waals surface area contributed by atoms with Crippen molar-refractivity contribution in [3.05, 3.63) is 48.0 Å². The molecule has 1 aromatic carbocycles. The lowest BCUT2D eigenvalue weighted by Gasteiger charge is -2.32. The lowest BCUT2D eigenvalue weighted by Crippen LogP contribution is -2.40. The topological polar surface area (TPSA) is 84.5 Å². The van der Waals surface area contributed by atoms with Gasteiger partial charge < -0.3 is 20.1 Å². The predicted octanol–water partition coefficient (Wildman–Crippen LogP) is 1.38. The van der Waals surface area contributed by atoms with Gasteiger partial charge in [-0.25, -0.2) is 4.98 Å². The summed E-state index contributed by atoms with van der Waals surface area (Å²) < 4.78 is 1.79. The fourth-order valence-corrected chi connectivity index (χ4v) is 3.59. The normalized spacial score (nSPS) is 17.0. The maximum Gasteiger partial charge on any atom is 0.237 e. The molecule has 1 atom stereocenters. The Kier molecular flexibility index (Phi) is 5.78. The number of piperidine rings is 1. The minimum absolute atomic E-state index is 0.123. The summed E-state index contributed by atoms with van der Waals surface area (Å²) in [5, 5.41) is 0. The maximum atomic E-state index is 12.8. The number of nitrogens with zero attached hydrogens (tertiary/aromatic N) is 4. The number of carbonyl (C=O) groups is 2. The Labute approximate surface area is 159 Å². The molecule has 0 radical (unpaired) electrons. The average molecular weight is 369 g/mol. The SMILES string of the molecule is CN(C)c1ccc(CC(=O)N2CCCC(c3nccn3CC(N)=O)C2)cc1. The van der Waals surface area contributed by atoms with Crippen molar-refractivity contribution in [2.45, 2.75) is 31.7 Å². The highest BCUT2D eigenvalue weighted by molar-refractivity contribution is 5.79. The van der Waals surface area contributed by atoms with E-state index < -0.39 is 0 Å². The number of imidazole rings is 1. The molecule has 144 valence electrons. The molecule has 1 saturated heterocycles. The minimum Gasteiger partial charge on any atom is -0.378 e. The maximum absolute atomic E-state index is 12.8. The minimum atomic E-state index is -0.390. The van der Waals surface area contributed by atoms with Crippen LogP contribution in [0.2, 0.25) is 0 Å². The van der Waals surface area contributed by atoms with Crippen molar-refractivity contribution >= 4 is 17.5 Å². The van der Waals surface area contributed by atoms with Crippen LogP contribution in [-0.2, 0) is 22.6 Å². The monoisotopic (exact) mass is 369 g/mol. The third-order valence-electron chi connectivity index (χ3n) is 5.02. The van der Waals surface area contributed by atoms with Crippen molar-refractivity contribution in [1.82, 2.24) is 14.5 Å². The van der Waals surface area contributed by atoms with Gasteiger partial charge in [-0.15, -0.1) is 0 Å². The van der Waals surface area contributed by atoms with E-state index in [1.807, 2.05) is 48.2 Å². The summed E-state index contributed by atoms with van der Waals surface area (Å²) in [7, 11) is 3.99. The second-order valence-corrected chi connectivity index (χ2v) is 7.30. The van der Waals surface area contributed by atoms with Crippen LogP contribution in [0.25, 0.3) is 0 Å². The molecule has 2 aromatic rings. The zero-order valence-corrected chi connectivity index (χ0v) is 16.0. The van der Waals surface area contributed by atoms with E-state index in [0.717, 1.165) is 36.5 Å². The van der Waals surface area contributed by atoms with Crippen LogP contribution in [0.5, 0.6) is 0 Å². The van der Waals surface area contributed by atoms with Crippen LogP contribution in [0.15, 0.2) is 36.7 Å². The molecule has 0 saturated carbocycles. The zero-order chi connectivity index (χ0) is 19.4. The molecule has 1 fully saturated rings. The van der Waals surface area contributed by atoms with Gasteiger partial charge in [0.25, 0.3) is 0 Å². The molecule has 0 bridgehead atoms. The number of primary amides is 1. The van der Waals surface area contributed by atoms with Gasteiger partial charge in [0, 0.05) is 51.2 Å². The van der Waals surface area contributed by atoms with Crippen molar-refractivity contribution in [1.29, 1.82) is 0 Å². The van der Waals surface area contributed by atoms with Gasteiger partial charge in [0.1, 0.15) is 12.4 Å². The van der Waals surface area contributed by atoms with Crippen LogP contribution < -0.4 is 10.6 Å². The Morgan fingerprint density at radius 2 is 2.00 bits per heavy atom. The summed E-state index contributed by atoms with van der Waals surface area (Å²) in [5.41, 5.74) is 7.45. The molecule has 2 N–H and O–H groups in total.